The summed E-state index contributed by atoms with van der Waals surface area (Å²) in [4.78, 5) is 39.2. The van der Waals surface area contributed by atoms with Crippen molar-refractivity contribution >= 4 is 56.5 Å². The first-order valence-corrected chi connectivity index (χ1v) is 13.3. The maximum Gasteiger partial charge on any atom is 0.349 e. The van der Waals surface area contributed by atoms with Crippen LogP contribution in [0.15, 0.2) is 39.5 Å². The number of ether oxygens (including phenoxy) is 1. The highest BCUT2D eigenvalue weighted by Gasteiger charge is 2.35. The van der Waals surface area contributed by atoms with Crippen molar-refractivity contribution in [1.82, 2.24) is 5.32 Å². The average molecular weight is 527 g/mol. The molecule has 36 heavy (non-hydrogen) atoms. The van der Waals surface area contributed by atoms with Crippen LogP contribution in [-0.4, -0.2) is 23.6 Å². The van der Waals surface area contributed by atoms with E-state index in [-0.39, 0.29) is 22.7 Å². The lowest BCUT2D eigenvalue weighted by Crippen LogP contribution is -2.36. The van der Waals surface area contributed by atoms with Gasteiger partial charge in [0, 0.05) is 10.3 Å². The second-order valence-corrected chi connectivity index (χ2v) is 11.1. The van der Waals surface area contributed by atoms with Gasteiger partial charge in [0.2, 0.25) is 0 Å². The highest BCUT2D eigenvalue weighted by Crippen LogP contribution is 2.45. The maximum atomic E-state index is 12.9. The minimum Gasteiger partial charge on any atom is -0.462 e. The van der Waals surface area contributed by atoms with Gasteiger partial charge in [-0.1, -0.05) is 45.4 Å². The molecule has 2 N–H and O–H groups in total. The van der Waals surface area contributed by atoms with Crippen molar-refractivity contribution in [2.75, 3.05) is 11.9 Å². The molecule has 0 spiro atoms. The van der Waals surface area contributed by atoms with Gasteiger partial charge in [0.05, 0.1) is 12.2 Å². The number of carbonyl (C=O) groups is 2. The van der Waals surface area contributed by atoms with E-state index in [1.54, 1.807) is 31.2 Å². The minimum atomic E-state index is -0.752. The monoisotopic (exact) mass is 526 g/mol. The molecule has 2 heterocycles. The number of fused-ring (bicyclic) bond motifs is 2. The van der Waals surface area contributed by atoms with E-state index in [2.05, 4.69) is 31.4 Å². The Labute approximate surface area is 219 Å². The Balaban J connectivity index is 1.57. The summed E-state index contributed by atoms with van der Waals surface area (Å²) in [5, 5.41) is 6.72. The lowest BCUT2D eigenvalue weighted by Gasteiger charge is -2.36. The third kappa shape index (κ3) is 5.22. The van der Waals surface area contributed by atoms with Gasteiger partial charge in [-0.25, -0.2) is 9.59 Å². The summed E-state index contributed by atoms with van der Waals surface area (Å²) in [6.07, 6.45) is 3.74. The normalized spacial score (nSPS) is 15.3. The summed E-state index contributed by atoms with van der Waals surface area (Å²) in [5.41, 5.74) is 1.16. The Bertz CT molecular complexity index is 1390. The van der Waals surface area contributed by atoms with Gasteiger partial charge in [-0.2, -0.15) is 0 Å². The van der Waals surface area contributed by atoms with Gasteiger partial charge in [0.25, 0.3) is 5.91 Å². The number of carbonyl (C=O) groups excluding carboxylic acids is 2. The summed E-state index contributed by atoms with van der Waals surface area (Å²) >= 11 is 6.85. The number of thiocarbonyl (C=S) groups is 1. The van der Waals surface area contributed by atoms with Crippen molar-refractivity contribution in [3.05, 3.63) is 62.3 Å². The molecule has 0 fully saturated rings. The van der Waals surface area contributed by atoms with Gasteiger partial charge in [0.1, 0.15) is 16.1 Å². The van der Waals surface area contributed by atoms with Crippen LogP contribution in [0.5, 0.6) is 0 Å². The molecular weight excluding hydrogens is 496 g/mol. The van der Waals surface area contributed by atoms with E-state index in [9.17, 15) is 14.4 Å². The van der Waals surface area contributed by atoms with Crippen LogP contribution in [0.4, 0.5) is 5.00 Å². The second-order valence-electron chi connectivity index (χ2n) is 9.60. The van der Waals surface area contributed by atoms with E-state index in [0.717, 1.165) is 36.1 Å². The fraction of sp³-hybridized carbons (Fsp3) is 0.407. The van der Waals surface area contributed by atoms with Gasteiger partial charge >= 0.3 is 11.6 Å². The molecule has 1 unspecified atom stereocenters. The van der Waals surface area contributed by atoms with Crippen molar-refractivity contribution in [1.29, 1.82) is 0 Å². The zero-order chi connectivity index (χ0) is 26.0. The molecule has 2 aromatic heterocycles. The van der Waals surface area contributed by atoms with Crippen molar-refractivity contribution in [3.63, 3.8) is 0 Å². The number of rotatable bonds is 6. The lowest BCUT2D eigenvalue weighted by atomic mass is 9.69. The summed E-state index contributed by atoms with van der Waals surface area (Å²) in [7, 11) is 0. The van der Waals surface area contributed by atoms with Crippen LogP contribution in [0.1, 0.15) is 71.7 Å². The molecule has 7 nitrogen and oxygen atoms in total. The quantitative estimate of drug-likeness (QED) is 0.242. The lowest BCUT2D eigenvalue weighted by molar-refractivity contribution is 0.0526. The van der Waals surface area contributed by atoms with Crippen molar-refractivity contribution in [2.45, 2.75) is 53.4 Å². The van der Waals surface area contributed by atoms with Crippen molar-refractivity contribution in [2.24, 2.45) is 11.3 Å². The molecule has 0 bridgehead atoms. The minimum absolute atomic E-state index is 0.0119. The molecule has 0 saturated heterocycles. The SMILES string of the molecule is CCOC(=O)c1c(NC(=S)NC(=O)c2cc3ccccc3oc2=O)sc2c1CCC(C(C)(C)CC)C2. The van der Waals surface area contributed by atoms with Crippen molar-refractivity contribution in [3.8, 4) is 0 Å². The van der Waals surface area contributed by atoms with E-state index < -0.39 is 17.5 Å². The number of esters is 1. The third-order valence-electron chi connectivity index (χ3n) is 7.10. The van der Waals surface area contributed by atoms with Gasteiger partial charge in [-0.05, 0) is 67.4 Å². The zero-order valence-electron chi connectivity index (χ0n) is 20.9. The van der Waals surface area contributed by atoms with Gasteiger partial charge in [0.15, 0.2) is 5.11 Å². The molecule has 0 aliphatic heterocycles. The van der Waals surface area contributed by atoms with Crippen LogP contribution in [0.25, 0.3) is 11.0 Å². The van der Waals surface area contributed by atoms with Crippen LogP contribution >= 0.6 is 23.6 Å². The first kappa shape index (κ1) is 26.0. The van der Waals surface area contributed by atoms with Crippen molar-refractivity contribution < 1.29 is 18.7 Å². The summed E-state index contributed by atoms with van der Waals surface area (Å²) in [5.74, 6) is -0.582. The fourth-order valence-electron chi connectivity index (χ4n) is 4.57. The molecule has 1 aromatic carbocycles. The molecule has 0 saturated carbocycles. The maximum absolute atomic E-state index is 12.9. The molecule has 9 heteroatoms. The predicted molar refractivity (Wildman–Crippen MR) is 146 cm³/mol. The fourth-order valence-corrected chi connectivity index (χ4v) is 6.15. The van der Waals surface area contributed by atoms with Gasteiger partial charge < -0.3 is 14.5 Å². The summed E-state index contributed by atoms with van der Waals surface area (Å²) < 4.78 is 10.6. The highest BCUT2D eigenvalue weighted by atomic mass is 32.1. The molecule has 190 valence electrons. The number of hydrogen-bond acceptors (Lipinski definition) is 7. The van der Waals surface area contributed by atoms with Crippen LogP contribution in [0.2, 0.25) is 0 Å². The molecule has 1 aliphatic carbocycles. The van der Waals surface area contributed by atoms with E-state index >= 15 is 0 Å². The Morgan fingerprint density at radius 2 is 2.00 bits per heavy atom. The molecule has 4 rings (SSSR count). The first-order chi connectivity index (χ1) is 17.1. The Kier molecular flexibility index (Phi) is 7.61. The Morgan fingerprint density at radius 3 is 2.72 bits per heavy atom. The molecule has 3 aromatic rings. The molecule has 1 atom stereocenters. The standard InChI is InChI=1S/C27H30N2O5S2/c1-5-27(3,4)16-11-12-17-20(14-16)36-23(21(17)25(32)33-6-2)29-26(35)28-22(30)18-13-15-9-7-8-10-19(15)34-24(18)31/h7-10,13,16H,5-6,11-12,14H2,1-4H3,(H2,28,29,30,35). The van der Waals surface area contributed by atoms with Crippen LogP contribution in [-0.2, 0) is 17.6 Å². The number of anilines is 1. The van der Waals surface area contributed by atoms with Crippen LogP contribution < -0.4 is 16.3 Å². The zero-order valence-corrected chi connectivity index (χ0v) is 22.5. The second kappa shape index (κ2) is 10.5. The molecule has 1 aliphatic rings. The third-order valence-corrected chi connectivity index (χ3v) is 8.48. The number of amides is 1. The molecular formula is C27H30N2O5S2. The summed E-state index contributed by atoms with van der Waals surface area (Å²) in [6.45, 7) is 8.81. The predicted octanol–water partition coefficient (Wildman–Crippen LogP) is 5.70. The van der Waals surface area contributed by atoms with Crippen LogP contribution in [0.3, 0.4) is 0 Å². The number of benzene rings is 1. The van der Waals surface area contributed by atoms with E-state index in [4.69, 9.17) is 21.4 Å². The Morgan fingerprint density at radius 1 is 1.25 bits per heavy atom. The number of para-hydroxylation sites is 1. The smallest absolute Gasteiger partial charge is 0.349 e. The highest BCUT2D eigenvalue weighted by molar-refractivity contribution is 7.80. The van der Waals surface area contributed by atoms with Gasteiger partial charge in [-0.3, -0.25) is 10.1 Å². The van der Waals surface area contributed by atoms with E-state index in [0.29, 0.717) is 27.5 Å². The van der Waals surface area contributed by atoms with E-state index in [1.807, 2.05) is 0 Å². The largest absolute Gasteiger partial charge is 0.462 e. The summed E-state index contributed by atoms with van der Waals surface area (Å²) in [6, 6.07) is 8.42. The Hall–Kier alpha value is -3.04. The van der Waals surface area contributed by atoms with Crippen LogP contribution in [0, 0.1) is 11.3 Å². The molecule has 0 radical (unpaired) electrons. The average Bonchev–Trinajstić information content (AvgIpc) is 3.20. The molecule has 1 amide bonds. The number of nitrogens with one attached hydrogen (secondary N) is 2. The number of thiophene rings is 1. The first-order valence-electron chi connectivity index (χ1n) is 12.1. The van der Waals surface area contributed by atoms with E-state index in [1.165, 1.54) is 17.4 Å². The number of hydrogen-bond donors (Lipinski definition) is 2. The van der Waals surface area contributed by atoms with Gasteiger partial charge in [-0.15, -0.1) is 11.3 Å². The topological polar surface area (TPSA) is 97.6 Å².